The van der Waals surface area contributed by atoms with Crippen LogP contribution in [0.4, 0.5) is 4.39 Å². The van der Waals surface area contributed by atoms with Crippen molar-refractivity contribution < 1.29 is 4.39 Å². The van der Waals surface area contributed by atoms with Crippen molar-refractivity contribution in [3.8, 4) is 0 Å². The number of nitrogens with two attached hydrogens (primary N) is 1. The molecule has 0 spiro atoms. The van der Waals surface area contributed by atoms with E-state index >= 15 is 0 Å². The number of rotatable bonds is 3. The third kappa shape index (κ3) is 3.09. The highest BCUT2D eigenvalue weighted by atomic mass is 19.1. The standard InChI is InChI=1S/C15H23FN2/c1-11-6-7-14(16)13(9-11)10-18-8-4-3-5-15(18)12(2)17/h6-7,9,12,15H,3-5,8,10,17H2,1-2H3. The Kier molecular flexibility index (Phi) is 4.36. The van der Waals surface area contributed by atoms with E-state index < -0.39 is 0 Å². The zero-order valence-electron chi connectivity index (χ0n) is 11.3. The molecule has 1 fully saturated rings. The lowest BCUT2D eigenvalue weighted by molar-refractivity contribution is 0.121. The summed E-state index contributed by atoms with van der Waals surface area (Å²) in [6.07, 6.45) is 3.56. The van der Waals surface area contributed by atoms with Crippen LogP contribution in [0.1, 0.15) is 37.3 Å². The molecule has 100 valence electrons. The van der Waals surface area contributed by atoms with Crippen LogP contribution in [0.15, 0.2) is 18.2 Å². The summed E-state index contributed by atoms with van der Waals surface area (Å²) in [6.45, 7) is 5.76. The van der Waals surface area contributed by atoms with E-state index in [-0.39, 0.29) is 11.9 Å². The van der Waals surface area contributed by atoms with Crippen molar-refractivity contribution in [2.45, 2.75) is 51.7 Å². The van der Waals surface area contributed by atoms with Gasteiger partial charge in [0, 0.05) is 24.2 Å². The molecule has 1 saturated heterocycles. The zero-order valence-corrected chi connectivity index (χ0v) is 11.3. The molecule has 0 amide bonds. The molecule has 0 radical (unpaired) electrons. The van der Waals surface area contributed by atoms with E-state index in [1.165, 1.54) is 12.8 Å². The summed E-state index contributed by atoms with van der Waals surface area (Å²) < 4.78 is 13.8. The van der Waals surface area contributed by atoms with Crippen molar-refractivity contribution >= 4 is 0 Å². The maximum atomic E-state index is 13.8. The minimum Gasteiger partial charge on any atom is -0.327 e. The summed E-state index contributed by atoms with van der Waals surface area (Å²) in [4.78, 5) is 2.34. The molecule has 0 aromatic heterocycles. The summed E-state index contributed by atoms with van der Waals surface area (Å²) in [5.41, 5.74) is 7.95. The molecule has 2 rings (SSSR count). The predicted octanol–water partition coefficient (Wildman–Crippen LogP) is 2.84. The van der Waals surface area contributed by atoms with Crippen molar-refractivity contribution in [2.24, 2.45) is 5.73 Å². The van der Waals surface area contributed by atoms with Crippen molar-refractivity contribution in [1.29, 1.82) is 0 Å². The van der Waals surface area contributed by atoms with Crippen LogP contribution < -0.4 is 5.73 Å². The van der Waals surface area contributed by atoms with E-state index in [2.05, 4.69) is 11.8 Å². The smallest absolute Gasteiger partial charge is 0.127 e. The molecule has 0 aliphatic carbocycles. The van der Waals surface area contributed by atoms with Gasteiger partial charge in [0.15, 0.2) is 0 Å². The zero-order chi connectivity index (χ0) is 13.1. The normalized spacial score (nSPS) is 23.0. The van der Waals surface area contributed by atoms with Crippen LogP contribution in [-0.4, -0.2) is 23.5 Å². The van der Waals surface area contributed by atoms with Gasteiger partial charge in [-0.1, -0.05) is 24.1 Å². The number of benzene rings is 1. The second-order valence-electron chi connectivity index (χ2n) is 5.49. The van der Waals surface area contributed by atoms with Crippen molar-refractivity contribution in [2.75, 3.05) is 6.54 Å². The summed E-state index contributed by atoms with van der Waals surface area (Å²) in [7, 11) is 0. The van der Waals surface area contributed by atoms with Crippen LogP contribution >= 0.6 is 0 Å². The van der Waals surface area contributed by atoms with Crippen molar-refractivity contribution in [3.63, 3.8) is 0 Å². The topological polar surface area (TPSA) is 29.3 Å². The third-order valence-corrected chi connectivity index (χ3v) is 3.85. The highest BCUT2D eigenvalue weighted by Crippen LogP contribution is 2.22. The predicted molar refractivity (Wildman–Crippen MR) is 72.8 cm³/mol. The molecule has 2 nitrogen and oxygen atoms in total. The minimum absolute atomic E-state index is 0.102. The van der Waals surface area contributed by atoms with Gasteiger partial charge in [-0.3, -0.25) is 4.90 Å². The average Bonchev–Trinajstić information content (AvgIpc) is 2.34. The second kappa shape index (κ2) is 5.81. The third-order valence-electron chi connectivity index (χ3n) is 3.85. The maximum Gasteiger partial charge on any atom is 0.127 e. The van der Waals surface area contributed by atoms with Crippen LogP contribution in [0.3, 0.4) is 0 Å². The Morgan fingerprint density at radius 1 is 1.44 bits per heavy atom. The first-order chi connectivity index (χ1) is 8.58. The largest absolute Gasteiger partial charge is 0.327 e. The van der Waals surface area contributed by atoms with Gasteiger partial charge in [-0.2, -0.15) is 0 Å². The average molecular weight is 250 g/mol. The number of hydrogen-bond donors (Lipinski definition) is 1. The molecule has 2 atom stereocenters. The second-order valence-corrected chi connectivity index (χ2v) is 5.49. The number of halogens is 1. The molecule has 1 aromatic rings. The van der Waals surface area contributed by atoms with E-state index in [1.807, 2.05) is 19.1 Å². The van der Waals surface area contributed by atoms with Gasteiger partial charge in [0.25, 0.3) is 0 Å². The molecule has 1 aliphatic rings. The minimum atomic E-state index is -0.102. The van der Waals surface area contributed by atoms with Gasteiger partial charge in [-0.05, 0) is 39.3 Å². The van der Waals surface area contributed by atoms with Gasteiger partial charge in [-0.25, -0.2) is 4.39 Å². The van der Waals surface area contributed by atoms with Crippen molar-refractivity contribution in [1.82, 2.24) is 4.90 Å². The van der Waals surface area contributed by atoms with Gasteiger partial charge in [0.1, 0.15) is 5.82 Å². The number of aryl methyl sites for hydroxylation is 1. The molecule has 2 unspecified atom stereocenters. The number of nitrogens with zero attached hydrogens (tertiary/aromatic N) is 1. The maximum absolute atomic E-state index is 13.8. The first-order valence-corrected chi connectivity index (χ1v) is 6.82. The lowest BCUT2D eigenvalue weighted by atomic mass is 9.96. The molecular weight excluding hydrogens is 227 g/mol. The quantitative estimate of drug-likeness (QED) is 0.894. The first-order valence-electron chi connectivity index (χ1n) is 6.82. The highest BCUT2D eigenvalue weighted by Gasteiger charge is 2.25. The molecule has 1 aliphatic heterocycles. The molecular formula is C15H23FN2. The molecule has 18 heavy (non-hydrogen) atoms. The molecule has 0 bridgehead atoms. The van der Waals surface area contributed by atoms with Gasteiger partial charge < -0.3 is 5.73 Å². The van der Waals surface area contributed by atoms with E-state index in [0.717, 1.165) is 24.1 Å². The lowest BCUT2D eigenvalue weighted by Crippen LogP contribution is -2.48. The molecule has 1 heterocycles. The van der Waals surface area contributed by atoms with Crippen LogP contribution in [0.25, 0.3) is 0 Å². The SMILES string of the molecule is Cc1ccc(F)c(CN2CCCCC2C(C)N)c1. The fraction of sp³-hybridized carbons (Fsp3) is 0.600. The highest BCUT2D eigenvalue weighted by molar-refractivity contribution is 5.24. The Morgan fingerprint density at radius 2 is 2.22 bits per heavy atom. The number of hydrogen-bond acceptors (Lipinski definition) is 2. The Bertz CT molecular complexity index is 403. The monoisotopic (exact) mass is 250 g/mol. The molecule has 1 aromatic carbocycles. The van der Waals surface area contributed by atoms with Crippen LogP contribution in [-0.2, 0) is 6.54 Å². The van der Waals surface area contributed by atoms with Crippen molar-refractivity contribution in [3.05, 3.63) is 35.1 Å². The van der Waals surface area contributed by atoms with E-state index in [9.17, 15) is 4.39 Å². The van der Waals surface area contributed by atoms with E-state index in [0.29, 0.717) is 12.6 Å². The first kappa shape index (κ1) is 13.5. The Hall–Kier alpha value is -0.930. The van der Waals surface area contributed by atoms with Crippen LogP contribution in [0.2, 0.25) is 0 Å². The van der Waals surface area contributed by atoms with E-state index in [1.54, 1.807) is 6.07 Å². The molecule has 0 saturated carbocycles. The summed E-state index contributed by atoms with van der Waals surface area (Å²) in [5.74, 6) is -0.102. The molecule has 2 N–H and O–H groups in total. The van der Waals surface area contributed by atoms with Gasteiger partial charge in [0.05, 0.1) is 0 Å². The Labute approximate surface area is 109 Å². The number of piperidine rings is 1. The fourth-order valence-corrected chi connectivity index (χ4v) is 2.85. The summed E-state index contributed by atoms with van der Waals surface area (Å²) in [5, 5.41) is 0. The molecule has 3 heteroatoms. The lowest BCUT2D eigenvalue weighted by Gasteiger charge is -2.38. The Morgan fingerprint density at radius 3 is 2.94 bits per heavy atom. The van der Waals surface area contributed by atoms with Gasteiger partial charge in [0.2, 0.25) is 0 Å². The summed E-state index contributed by atoms with van der Waals surface area (Å²) in [6, 6.07) is 5.87. The van der Waals surface area contributed by atoms with Crippen LogP contribution in [0.5, 0.6) is 0 Å². The van der Waals surface area contributed by atoms with Crippen LogP contribution in [0, 0.1) is 12.7 Å². The summed E-state index contributed by atoms with van der Waals surface area (Å²) >= 11 is 0. The van der Waals surface area contributed by atoms with Gasteiger partial charge in [-0.15, -0.1) is 0 Å². The Balaban J connectivity index is 2.13. The van der Waals surface area contributed by atoms with Gasteiger partial charge >= 0.3 is 0 Å². The number of likely N-dealkylation sites (tertiary alicyclic amines) is 1. The fourth-order valence-electron chi connectivity index (χ4n) is 2.85. The van der Waals surface area contributed by atoms with E-state index in [4.69, 9.17) is 5.73 Å².